The summed E-state index contributed by atoms with van der Waals surface area (Å²) in [6.07, 6.45) is 1.46. The van der Waals surface area contributed by atoms with E-state index in [1.807, 2.05) is 13.0 Å². The zero-order valence-corrected chi connectivity index (χ0v) is 15.1. The molecule has 6 heteroatoms. The Kier molecular flexibility index (Phi) is 7.15. The molecule has 0 aliphatic rings. The molecule has 0 aliphatic heterocycles. The molecule has 0 saturated carbocycles. The molecule has 2 aromatic rings. The van der Waals surface area contributed by atoms with Gasteiger partial charge in [0.15, 0.2) is 0 Å². The van der Waals surface area contributed by atoms with Gasteiger partial charge in [0, 0.05) is 0 Å². The van der Waals surface area contributed by atoms with Crippen molar-refractivity contribution in [3.63, 3.8) is 0 Å². The second-order valence-corrected chi connectivity index (χ2v) is 5.44. The quantitative estimate of drug-likeness (QED) is 0.424. The van der Waals surface area contributed by atoms with E-state index in [0.717, 1.165) is 0 Å². The van der Waals surface area contributed by atoms with Gasteiger partial charge in [-0.2, -0.15) is 5.26 Å². The average Bonchev–Trinajstić information content (AvgIpc) is 2.71. The molecule has 0 amide bonds. The molecule has 0 spiro atoms. The molecule has 0 saturated heterocycles. The number of hydrogen-bond acceptors (Lipinski definition) is 6. The highest BCUT2D eigenvalue weighted by atomic mass is 16.5. The molecule has 138 valence electrons. The van der Waals surface area contributed by atoms with Crippen molar-refractivity contribution in [2.75, 3.05) is 13.7 Å². The van der Waals surface area contributed by atoms with Crippen molar-refractivity contribution >= 4 is 18.0 Å². The lowest BCUT2D eigenvalue weighted by Crippen LogP contribution is -2.07. The van der Waals surface area contributed by atoms with Crippen LogP contribution in [0, 0.1) is 11.3 Å². The molecule has 0 heterocycles. The van der Waals surface area contributed by atoms with Crippen molar-refractivity contribution in [2.45, 2.75) is 13.5 Å². The average molecular weight is 365 g/mol. The fourth-order valence-corrected chi connectivity index (χ4v) is 2.21. The van der Waals surface area contributed by atoms with Gasteiger partial charge in [0.25, 0.3) is 0 Å². The fraction of sp³-hybridized carbons (Fsp3) is 0.190. The van der Waals surface area contributed by atoms with Gasteiger partial charge in [0.1, 0.15) is 24.0 Å². The number of carbonyl (C=O) groups excluding carboxylic acids is 2. The predicted octanol–water partition coefficient (Wildman–Crippen LogP) is 3.52. The van der Waals surface area contributed by atoms with Crippen molar-refractivity contribution in [2.24, 2.45) is 0 Å². The summed E-state index contributed by atoms with van der Waals surface area (Å²) in [5, 5.41) is 9.22. The van der Waals surface area contributed by atoms with Gasteiger partial charge in [-0.15, -0.1) is 0 Å². The Bertz CT molecular complexity index is 861. The number of methoxy groups -OCH3 is 1. The zero-order chi connectivity index (χ0) is 19.6. The van der Waals surface area contributed by atoms with E-state index >= 15 is 0 Å². The Morgan fingerprint density at radius 1 is 1.07 bits per heavy atom. The van der Waals surface area contributed by atoms with Gasteiger partial charge in [-0.25, -0.2) is 9.59 Å². The maximum Gasteiger partial charge on any atom is 0.349 e. The summed E-state index contributed by atoms with van der Waals surface area (Å²) in [5.41, 5.74) is 1.68. The van der Waals surface area contributed by atoms with Crippen LogP contribution in [0.4, 0.5) is 0 Å². The lowest BCUT2D eigenvalue weighted by Gasteiger charge is -2.06. The molecule has 0 bridgehead atoms. The van der Waals surface area contributed by atoms with Crippen LogP contribution in [-0.2, 0) is 20.9 Å². The first-order valence-electron chi connectivity index (χ1n) is 8.26. The highest BCUT2D eigenvalue weighted by Crippen LogP contribution is 2.15. The molecule has 0 aliphatic carbocycles. The van der Waals surface area contributed by atoms with E-state index in [1.165, 1.54) is 13.2 Å². The Balaban J connectivity index is 2.00. The fourth-order valence-electron chi connectivity index (χ4n) is 2.21. The van der Waals surface area contributed by atoms with Crippen LogP contribution in [0.3, 0.4) is 0 Å². The van der Waals surface area contributed by atoms with Gasteiger partial charge < -0.3 is 14.2 Å². The topological polar surface area (TPSA) is 85.6 Å². The number of rotatable bonds is 7. The van der Waals surface area contributed by atoms with E-state index in [1.54, 1.807) is 48.5 Å². The number of nitrogens with zero attached hydrogens (tertiary/aromatic N) is 1. The van der Waals surface area contributed by atoms with E-state index in [0.29, 0.717) is 29.0 Å². The molecule has 2 rings (SSSR count). The molecule has 0 fully saturated rings. The lowest BCUT2D eigenvalue weighted by atomic mass is 10.1. The van der Waals surface area contributed by atoms with E-state index < -0.39 is 11.9 Å². The third-order valence-electron chi connectivity index (χ3n) is 3.59. The Morgan fingerprint density at radius 2 is 1.74 bits per heavy atom. The summed E-state index contributed by atoms with van der Waals surface area (Å²) in [6, 6.07) is 15.3. The normalized spacial score (nSPS) is 10.6. The highest BCUT2D eigenvalue weighted by Gasteiger charge is 2.12. The van der Waals surface area contributed by atoms with Crippen LogP contribution in [0.5, 0.6) is 5.75 Å². The monoisotopic (exact) mass is 365 g/mol. The Morgan fingerprint density at radius 3 is 2.30 bits per heavy atom. The number of benzene rings is 2. The van der Waals surface area contributed by atoms with Crippen LogP contribution in [0.25, 0.3) is 6.08 Å². The first-order chi connectivity index (χ1) is 13.1. The zero-order valence-electron chi connectivity index (χ0n) is 15.1. The molecule has 0 aromatic heterocycles. The summed E-state index contributed by atoms with van der Waals surface area (Å²) in [5.74, 6) is -0.446. The van der Waals surface area contributed by atoms with Crippen molar-refractivity contribution in [3.05, 3.63) is 70.8 Å². The van der Waals surface area contributed by atoms with Crippen molar-refractivity contribution < 1.29 is 23.8 Å². The van der Waals surface area contributed by atoms with Gasteiger partial charge in [-0.3, -0.25) is 0 Å². The Labute approximate surface area is 157 Å². The second-order valence-electron chi connectivity index (χ2n) is 5.44. The van der Waals surface area contributed by atoms with Crippen molar-refractivity contribution in [1.82, 2.24) is 0 Å². The van der Waals surface area contributed by atoms with Gasteiger partial charge in [0.05, 0.1) is 19.3 Å². The first-order valence-corrected chi connectivity index (χ1v) is 8.26. The molecule has 0 atom stereocenters. The van der Waals surface area contributed by atoms with Crippen LogP contribution in [0.2, 0.25) is 0 Å². The molecule has 0 N–H and O–H groups in total. The van der Waals surface area contributed by atoms with Crippen LogP contribution in [0.1, 0.15) is 28.4 Å². The van der Waals surface area contributed by atoms with Gasteiger partial charge in [0.2, 0.25) is 0 Å². The van der Waals surface area contributed by atoms with Crippen LogP contribution in [-0.4, -0.2) is 25.7 Å². The van der Waals surface area contributed by atoms with Crippen LogP contribution in [0.15, 0.2) is 54.1 Å². The van der Waals surface area contributed by atoms with E-state index in [4.69, 9.17) is 9.47 Å². The summed E-state index contributed by atoms with van der Waals surface area (Å²) in [4.78, 5) is 23.5. The van der Waals surface area contributed by atoms with Crippen LogP contribution >= 0.6 is 0 Å². The highest BCUT2D eigenvalue weighted by molar-refractivity contribution is 5.97. The van der Waals surface area contributed by atoms with E-state index in [-0.39, 0.29) is 12.2 Å². The number of esters is 2. The number of nitriles is 1. The van der Waals surface area contributed by atoms with Gasteiger partial charge in [-0.05, 0) is 48.4 Å². The van der Waals surface area contributed by atoms with Gasteiger partial charge >= 0.3 is 11.9 Å². The predicted molar refractivity (Wildman–Crippen MR) is 98.8 cm³/mol. The SMILES string of the molecule is CCOc1ccc(/C=C(\C#N)C(=O)OCc2ccc(C(=O)OC)cc2)cc1. The summed E-state index contributed by atoms with van der Waals surface area (Å²) in [7, 11) is 1.30. The molecular formula is C21H19NO5. The number of carbonyl (C=O) groups is 2. The molecule has 2 aromatic carbocycles. The maximum absolute atomic E-state index is 12.1. The largest absolute Gasteiger partial charge is 0.494 e. The minimum absolute atomic E-state index is 0.0113. The van der Waals surface area contributed by atoms with Gasteiger partial charge in [-0.1, -0.05) is 24.3 Å². The summed E-state index contributed by atoms with van der Waals surface area (Å²) in [6.45, 7) is 2.44. The van der Waals surface area contributed by atoms with Crippen molar-refractivity contribution in [1.29, 1.82) is 5.26 Å². The minimum Gasteiger partial charge on any atom is -0.494 e. The third-order valence-corrected chi connectivity index (χ3v) is 3.59. The standard InChI is InChI=1S/C21H19NO5/c1-3-26-19-10-6-15(7-11-19)12-18(13-22)21(24)27-14-16-4-8-17(9-5-16)20(23)25-2/h4-12H,3,14H2,1-2H3/b18-12+. The smallest absolute Gasteiger partial charge is 0.349 e. The summed E-state index contributed by atoms with van der Waals surface area (Å²) < 4.78 is 15.1. The molecular weight excluding hydrogens is 346 g/mol. The van der Waals surface area contributed by atoms with E-state index in [2.05, 4.69) is 4.74 Å². The molecule has 6 nitrogen and oxygen atoms in total. The Hall–Kier alpha value is -3.59. The van der Waals surface area contributed by atoms with E-state index in [9.17, 15) is 14.9 Å². The minimum atomic E-state index is -0.719. The third kappa shape index (κ3) is 5.72. The van der Waals surface area contributed by atoms with Crippen molar-refractivity contribution in [3.8, 4) is 11.8 Å². The first kappa shape index (κ1) is 19.7. The molecule has 0 radical (unpaired) electrons. The lowest BCUT2D eigenvalue weighted by molar-refractivity contribution is -0.139. The molecule has 0 unspecified atom stereocenters. The maximum atomic E-state index is 12.1. The van der Waals surface area contributed by atoms with Crippen LogP contribution < -0.4 is 4.74 Å². The number of hydrogen-bond donors (Lipinski definition) is 0. The number of ether oxygens (including phenoxy) is 3. The molecule has 27 heavy (non-hydrogen) atoms. The summed E-state index contributed by atoms with van der Waals surface area (Å²) >= 11 is 0. The second kappa shape index (κ2) is 9.78.